The topological polar surface area (TPSA) is 62.6 Å². The molecule has 27 heavy (non-hydrogen) atoms. The Morgan fingerprint density at radius 3 is 2.52 bits per heavy atom. The van der Waals surface area contributed by atoms with Crippen molar-refractivity contribution in [1.82, 2.24) is 5.32 Å². The number of carbonyl (C=O) groups excluding carboxylic acids is 2. The van der Waals surface area contributed by atoms with Crippen LogP contribution in [-0.4, -0.2) is 32.0 Å². The maximum atomic E-state index is 12.4. The van der Waals surface area contributed by atoms with Gasteiger partial charge in [0, 0.05) is 5.69 Å². The average Bonchev–Trinajstić information content (AvgIpc) is 2.63. The van der Waals surface area contributed by atoms with Gasteiger partial charge in [-0.05, 0) is 49.4 Å². The Bertz CT molecular complexity index is 801. The molecule has 5 nitrogen and oxygen atoms in total. The van der Waals surface area contributed by atoms with Gasteiger partial charge >= 0.3 is 0 Å². The molecule has 1 unspecified atom stereocenters. The van der Waals surface area contributed by atoms with E-state index in [9.17, 15) is 9.59 Å². The van der Waals surface area contributed by atoms with Crippen molar-refractivity contribution in [1.29, 1.82) is 0 Å². The van der Waals surface area contributed by atoms with Crippen LogP contribution < -0.4 is 15.5 Å². The zero-order chi connectivity index (χ0) is 19.2. The van der Waals surface area contributed by atoms with Gasteiger partial charge in [-0.25, -0.2) is 0 Å². The van der Waals surface area contributed by atoms with Gasteiger partial charge in [-0.1, -0.05) is 42.0 Å². The van der Waals surface area contributed by atoms with Crippen molar-refractivity contribution >= 4 is 17.5 Å². The summed E-state index contributed by atoms with van der Waals surface area (Å²) in [6.07, 6.45) is 3.13. The molecule has 0 heterocycles. The van der Waals surface area contributed by atoms with E-state index in [-0.39, 0.29) is 30.9 Å². The summed E-state index contributed by atoms with van der Waals surface area (Å²) < 4.78 is 0. The van der Waals surface area contributed by atoms with Gasteiger partial charge in [0.15, 0.2) is 13.1 Å². The van der Waals surface area contributed by atoms with Crippen LogP contribution in [0, 0.1) is 6.92 Å². The fraction of sp³-hybridized carbons (Fsp3) is 0.364. The van der Waals surface area contributed by atoms with Crippen LogP contribution >= 0.6 is 0 Å². The van der Waals surface area contributed by atoms with Crippen molar-refractivity contribution in [2.75, 3.05) is 25.5 Å². The predicted octanol–water partition coefficient (Wildman–Crippen LogP) is 1.64. The second-order valence-electron chi connectivity index (χ2n) is 7.44. The number of rotatable bonds is 6. The summed E-state index contributed by atoms with van der Waals surface area (Å²) in [4.78, 5) is 25.5. The SMILES string of the molecule is Cc1ccc(NC(=O)C[NH+](C)CC(=O)N[C@H]2CCCc3ccccc32)cc1. The molecule has 0 saturated heterocycles. The summed E-state index contributed by atoms with van der Waals surface area (Å²) in [6.45, 7) is 2.54. The van der Waals surface area contributed by atoms with Crippen molar-refractivity contribution in [3.63, 3.8) is 0 Å². The molecule has 0 spiro atoms. The first-order chi connectivity index (χ1) is 13.0. The Morgan fingerprint density at radius 2 is 1.74 bits per heavy atom. The number of carbonyl (C=O) groups is 2. The number of hydrogen-bond donors (Lipinski definition) is 3. The lowest BCUT2D eigenvalue weighted by atomic mass is 9.88. The third kappa shape index (κ3) is 5.41. The lowest BCUT2D eigenvalue weighted by Gasteiger charge is -2.26. The number of benzene rings is 2. The number of hydrogen-bond acceptors (Lipinski definition) is 2. The Morgan fingerprint density at radius 1 is 1.04 bits per heavy atom. The van der Waals surface area contributed by atoms with Gasteiger partial charge in [-0.2, -0.15) is 0 Å². The van der Waals surface area contributed by atoms with Crippen LogP contribution in [0.5, 0.6) is 0 Å². The molecule has 3 N–H and O–H groups in total. The van der Waals surface area contributed by atoms with Gasteiger partial charge in [-0.3, -0.25) is 9.59 Å². The lowest BCUT2D eigenvalue weighted by Crippen LogP contribution is -3.11. The number of fused-ring (bicyclic) bond motifs is 1. The Labute approximate surface area is 160 Å². The minimum absolute atomic E-state index is 0.0164. The van der Waals surface area contributed by atoms with E-state index in [2.05, 4.69) is 22.8 Å². The molecular formula is C22H28N3O2+. The summed E-state index contributed by atoms with van der Waals surface area (Å²) in [7, 11) is 1.86. The fourth-order valence-corrected chi connectivity index (χ4v) is 3.60. The van der Waals surface area contributed by atoms with Gasteiger partial charge in [0.05, 0.1) is 13.1 Å². The third-order valence-corrected chi connectivity index (χ3v) is 4.96. The molecule has 0 aromatic heterocycles. The number of aryl methyl sites for hydroxylation is 2. The number of anilines is 1. The first kappa shape index (κ1) is 19.1. The van der Waals surface area contributed by atoms with Crippen molar-refractivity contribution in [2.45, 2.75) is 32.2 Å². The molecule has 0 radical (unpaired) electrons. The molecule has 2 atom stereocenters. The molecule has 142 valence electrons. The number of likely N-dealkylation sites (N-methyl/N-ethyl adjacent to an activating group) is 1. The van der Waals surface area contributed by atoms with E-state index in [0.717, 1.165) is 35.4 Å². The maximum absolute atomic E-state index is 12.4. The van der Waals surface area contributed by atoms with Crippen molar-refractivity contribution in [3.8, 4) is 0 Å². The quantitative estimate of drug-likeness (QED) is 0.728. The highest BCUT2D eigenvalue weighted by molar-refractivity contribution is 5.91. The molecule has 3 rings (SSSR count). The summed E-state index contributed by atoms with van der Waals surface area (Å²) in [5.74, 6) is -0.107. The standard InChI is InChI=1S/C22H27N3O2/c1-16-10-12-18(13-11-16)23-21(26)14-25(2)15-22(27)24-20-9-5-7-17-6-3-4-8-19(17)20/h3-4,6,8,10-13,20H,5,7,9,14-15H2,1-2H3,(H,23,26)(H,24,27)/p+1/t20-/m0/s1. The smallest absolute Gasteiger partial charge is 0.279 e. The van der Waals surface area contributed by atoms with E-state index in [4.69, 9.17) is 0 Å². The highest BCUT2D eigenvalue weighted by Crippen LogP contribution is 2.29. The van der Waals surface area contributed by atoms with E-state index >= 15 is 0 Å². The molecule has 2 aromatic rings. The normalized spacial score (nSPS) is 16.9. The van der Waals surface area contributed by atoms with E-state index in [0.29, 0.717) is 0 Å². The first-order valence-electron chi connectivity index (χ1n) is 9.56. The molecular weight excluding hydrogens is 338 g/mol. The summed E-state index contributed by atoms with van der Waals surface area (Å²) in [5.41, 5.74) is 4.48. The molecule has 2 aromatic carbocycles. The van der Waals surface area contributed by atoms with Crippen molar-refractivity contribution in [2.24, 2.45) is 0 Å². The van der Waals surface area contributed by atoms with Crippen LogP contribution in [0.4, 0.5) is 5.69 Å². The van der Waals surface area contributed by atoms with E-state index in [1.807, 2.05) is 50.4 Å². The van der Waals surface area contributed by atoms with Crippen LogP contribution in [0.3, 0.4) is 0 Å². The molecule has 0 aliphatic heterocycles. The molecule has 1 aliphatic carbocycles. The van der Waals surface area contributed by atoms with Crippen molar-refractivity contribution in [3.05, 3.63) is 65.2 Å². The number of quaternary nitrogens is 1. The van der Waals surface area contributed by atoms with Gasteiger partial charge in [0.2, 0.25) is 0 Å². The van der Waals surface area contributed by atoms with Crippen LogP contribution in [0.15, 0.2) is 48.5 Å². The van der Waals surface area contributed by atoms with Gasteiger partial charge in [-0.15, -0.1) is 0 Å². The molecule has 5 heteroatoms. The van der Waals surface area contributed by atoms with Gasteiger partial charge in [0.25, 0.3) is 11.8 Å². The number of nitrogens with one attached hydrogen (secondary N) is 3. The Kier molecular flexibility index (Phi) is 6.24. The first-order valence-corrected chi connectivity index (χ1v) is 9.56. The van der Waals surface area contributed by atoms with Crippen LogP contribution in [0.1, 0.15) is 35.6 Å². The van der Waals surface area contributed by atoms with Crippen LogP contribution in [0.25, 0.3) is 0 Å². The van der Waals surface area contributed by atoms with Gasteiger partial charge in [0.1, 0.15) is 0 Å². The second kappa shape index (κ2) is 8.82. The highest BCUT2D eigenvalue weighted by Gasteiger charge is 2.23. The lowest BCUT2D eigenvalue weighted by molar-refractivity contribution is -0.862. The highest BCUT2D eigenvalue weighted by atomic mass is 16.2. The zero-order valence-corrected chi connectivity index (χ0v) is 16.0. The third-order valence-electron chi connectivity index (χ3n) is 4.96. The molecule has 2 amide bonds. The molecule has 0 saturated carbocycles. The van der Waals surface area contributed by atoms with Gasteiger partial charge < -0.3 is 15.5 Å². The minimum Gasteiger partial charge on any atom is -0.344 e. The van der Waals surface area contributed by atoms with Crippen LogP contribution in [0.2, 0.25) is 0 Å². The molecule has 0 fully saturated rings. The summed E-state index contributed by atoms with van der Waals surface area (Å²) >= 11 is 0. The largest absolute Gasteiger partial charge is 0.344 e. The second-order valence-corrected chi connectivity index (χ2v) is 7.44. The fourth-order valence-electron chi connectivity index (χ4n) is 3.60. The average molecular weight is 366 g/mol. The van der Waals surface area contributed by atoms with E-state index in [1.165, 1.54) is 11.1 Å². The summed E-state index contributed by atoms with van der Waals surface area (Å²) in [5, 5.41) is 6.02. The Balaban J connectivity index is 1.48. The van der Waals surface area contributed by atoms with Crippen molar-refractivity contribution < 1.29 is 14.5 Å². The maximum Gasteiger partial charge on any atom is 0.279 e. The summed E-state index contributed by atoms with van der Waals surface area (Å²) in [6, 6.07) is 16.1. The monoisotopic (exact) mass is 366 g/mol. The Hall–Kier alpha value is -2.66. The molecule has 0 bridgehead atoms. The van der Waals surface area contributed by atoms with E-state index in [1.54, 1.807) is 0 Å². The zero-order valence-electron chi connectivity index (χ0n) is 16.0. The molecule has 1 aliphatic rings. The van der Waals surface area contributed by atoms with Crippen LogP contribution in [-0.2, 0) is 16.0 Å². The number of amides is 2. The predicted molar refractivity (Wildman–Crippen MR) is 107 cm³/mol. The minimum atomic E-state index is -0.0906. The van der Waals surface area contributed by atoms with E-state index < -0.39 is 0 Å².